The highest BCUT2D eigenvalue weighted by Gasteiger charge is 2.29. The van der Waals surface area contributed by atoms with Crippen molar-refractivity contribution in [1.29, 1.82) is 0 Å². The van der Waals surface area contributed by atoms with Gasteiger partial charge in [-0.25, -0.2) is 4.98 Å². The Morgan fingerprint density at radius 3 is 2.64 bits per heavy atom. The van der Waals surface area contributed by atoms with E-state index in [1.54, 1.807) is 24.5 Å². The topological polar surface area (TPSA) is 96.5 Å². The third-order valence-corrected chi connectivity index (χ3v) is 5.77. The minimum Gasteiger partial charge on any atom is -0.378 e. The van der Waals surface area contributed by atoms with Gasteiger partial charge in [0.25, 0.3) is 5.91 Å². The van der Waals surface area contributed by atoms with Crippen LogP contribution in [0.5, 0.6) is 0 Å². The number of anilines is 3. The normalized spacial score (nSPS) is 15.7. The van der Waals surface area contributed by atoms with Crippen LogP contribution in [0.25, 0.3) is 11.1 Å². The van der Waals surface area contributed by atoms with Gasteiger partial charge in [0.05, 0.1) is 25.1 Å². The van der Waals surface area contributed by atoms with Crippen LogP contribution in [-0.4, -0.2) is 48.1 Å². The van der Waals surface area contributed by atoms with Crippen LogP contribution >= 0.6 is 0 Å². The molecule has 0 atom stereocenters. The average Bonchev–Trinajstić information content (AvgIpc) is 3.71. The molecule has 5 rings (SSSR count). The summed E-state index contributed by atoms with van der Waals surface area (Å²) in [7, 11) is 0. The van der Waals surface area contributed by atoms with Crippen molar-refractivity contribution >= 4 is 29.0 Å². The predicted molar refractivity (Wildman–Crippen MR) is 126 cm³/mol. The van der Waals surface area contributed by atoms with E-state index in [1.807, 2.05) is 18.2 Å². The Morgan fingerprint density at radius 2 is 1.82 bits per heavy atom. The molecule has 0 spiro atoms. The van der Waals surface area contributed by atoms with Gasteiger partial charge in [-0.2, -0.15) is 0 Å². The van der Waals surface area contributed by atoms with Gasteiger partial charge in [-0.15, -0.1) is 0 Å². The third-order valence-electron chi connectivity index (χ3n) is 5.77. The zero-order valence-electron chi connectivity index (χ0n) is 18.2. The number of hydrogen-bond donors (Lipinski definition) is 2. The Hall–Kier alpha value is -3.78. The quantitative estimate of drug-likeness (QED) is 0.605. The molecule has 1 aromatic carbocycles. The Bertz CT molecular complexity index is 1170. The van der Waals surface area contributed by atoms with E-state index in [9.17, 15) is 9.59 Å². The van der Waals surface area contributed by atoms with Gasteiger partial charge in [-0.3, -0.25) is 14.6 Å². The zero-order chi connectivity index (χ0) is 22.6. The molecular formula is C25H25N5O3. The Balaban J connectivity index is 1.30. The Morgan fingerprint density at radius 1 is 0.970 bits per heavy atom. The molecule has 1 saturated heterocycles. The second-order valence-corrected chi connectivity index (χ2v) is 8.26. The number of hydrogen-bond acceptors (Lipinski definition) is 6. The van der Waals surface area contributed by atoms with Crippen molar-refractivity contribution in [2.45, 2.75) is 12.8 Å². The number of carbonyl (C=O) groups excluding carboxylic acids is 2. The van der Waals surface area contributed by atoms with E-state index in [1.165, 1.54) is 6.20 Å². The van der Waals surface area contributed by atoms with Crippen molar-refractivity contribution in [1.82, 2.24) is 9.97 Å². The van der Waals surface area contributed by atoms with Gasteiger partial charge < -0.3 is 20.3 Å². The van der Waals surface area contributed by atoms with Gasteiger partial charge in [0, 0.05) is 48.2 Å². The van der Waals surface area contributed by atoms with Crippen molar-refractivity contribution in [2.75, 3.05) is 41.8 Å². The molecule has 0 bridgehead atoms. The van der Waals surface area contributed by atoms with Gasteiger partial charge >= 0.3 is 0 Å². The van der Waals surface area contributed by atoms with E-state index in [4.69, 9.17) is 4.74 Å². The predicted octanol–water partition coefficient (Wildman–Crippen LogP) is 3.58. The molecule has 33 heavy (non-hydrogen) atoms. The van der Waals surface area contributed by atoms with Gasteiger partial charge in [0.1, 0.15) is 5.82 Å². The van der Waals surface area contributed by atoms with Gasteiger partial charge in [0.2, 0.25) is 5.91 Å². The van der Waals surface area contributed by atoms with Crippen LogP contribution in [0.4, 0.5) is 17.2 Å². The lowest BCUT2D eigenvalue weighted by atomic mass is 10.1. The summed E-state index contributed by atoms with van der Waals surface area (Å²) in [4.78, 5) is 35.5. The first-order valence-electron chi connectivity index (χ1n) is 11.1. The number of benzene rings is 1. The molecule has 2 aliphatic rings. The first kappa shape index (κ1) is 21.1. The van der Waals surface area contributed by atoms with Crippen molar-refractivity contribution in [2.24, 2.45) is 5.92 Å². The molecule has 1 saturated carbocycles. The molecule has 2 amide bonds. The average molecular weight is 444 g/mol. The summed E-state index contributed by atoms with van der Waals surface area (Å²) in [5.41, 5.74) is 4.08. The zero-order valence-corrected chi connectivity index (χ0v) is 18.2. The Labute approximate surface area is 192 Å². The molecule has 8 heteroatoms. The lowest BCUT2D eigenvalue weighted by molar-refractivity contribution is -0.117. The Kier molecular flexibility index (Phi) is 5.99. The summed E-state index contributed by atoms with van der Waals surface area (Å²) in [6, 6.07) is 13.4. The molecule has 2 aromatic heterocycles. The molecule has 168 valence electrons. The van der Waals surface area contributed by atoms with Gasteiger partial charge in [-0.1, -0.05) is 12.1 Å². The fourth-order valence-electron chi connectivity index (χ4n) is 3.79. The van der Waals surface area contributed by atoms with E-state index < -0.39 is 0 Å². The summed E-state index contributed by atoms with van der Waals surface area (Å²) in [5.74, 6) is 0.114. The lowest BCUT2D eigenvalue weighted by Gasteiger charge is -2.29. The van der Waals surface area contributed by atoms with Crippen molar-refractivity contribution in [3.63, 3.8) is 0 Å². The number of aromatic nitrogens is 2. The summed E-state index contributed by atoms with van der Waals surface area (Å²) in [6.45, 7) is 3.20. The second-order valence-electron chi connectivity index (χ2n) is 8.26. The molecule has 3 heterocycles. The van der Waals surface area contributed by atoms with E-state index in [-0.39, 0.29) is 17.7 Å². The molecule has 3 aromatic rings. The minimum absolute atomic E-state index is 0.0451. The van der Waals surface area contributed by atoms with E-state index in [0.717, 1.165) is 56.0 Å². The summed E-state index contributed by atoms with van der Waals surface area (Å²) in [6.07, 6.45) is 6.73. The van der Waals surface area contributed by atoms with Crippen molar-refractivity contribution in [3.05, 3.63) is 66.6 Å². The summed E-state index contributed by atoms with van der Waals surface area (Å²) >= 11 is 0. The van der Waals surface area contributed by atoms with Crippen LogP contribution < -0.4 is 15.5 Å². The second kappa shape index (κ2) is 9.38. The maximum absolute atomic E-state index is 12.8. The smallest absolute Gasteiger partial charge is 0.255 e. The van der Waals surface area contributed by atoms with Crippen molar-refractivity contribution in [3.8, 4) is 11.1 Å². The molecule has 0 radical (unpaired) electrons. The summed E-state index contributed by atoms with van der Waals surface area (Å²) in [5, 5.41) is 5.66. The number of pyridine rings is 2. The van der Waals surface area contributed by atoms with Crippen LogP contribution in [0.1, 0.15) is 23.2 Å². The fourth-order valence-corrected chi connectivity index (χ4v) is 3.79. The number of nitrogens with zero attached hydrogens (tertiary/aromatic N) is 3. The molecule has 2 fully saturated rings. The minimum atomic E-state index is -0.291. The largest absolute Gasteiger partial charge is 0.378 e. The van der Waals surface area contributed by atoms with E-state index >= 15 is 0 Å². The lowest BCUT2D eigenvalue weighted by Crippen LogP contribution is -2.36. The molecule has 1 aliphatic heterocycles. The standard InChI is InChI=1S/C25H25N5O3/c31-24(17-4-5-17)29-23-14-19(6-7-27-23)25(32)28-21-12-20(15-26-16-21)18-2-1-3-22(13-18)30-8-10-33-11-9-30/h1-3,6-7,12-17H,4-5,8-11H2,(H,28,32)(H,27,29,31). The van der Waals surface area contributed by atoms with Crippen LogP contribution in [0.2, 0.25) is 0 Å². The van der Waals surface area contributed by atoms with Crippen LogP contribution in [0, 0.1) is 5.92 Å². The maximum Gasteiger partial charge on any atom is 0.255 e. The fraction of sp³-hybridized carbons (Fsp3) is 0.280. The number of morpholine rings is 1. The van der Waals surface area contributed by atoms with Gasteiger partial charge in [0.15, 0.2) is 0 Å². The molecule has 8 nitrogen and oxygen atoms in total. The van der Waals surface area contributed by atoms with Crippen LogP contribution in [-0.2, 0) is 9.53 Å². The number of nitrogens with one attached hydrogen (secondary N) is 2. The number of amides is 2. The monoisotopic (exact) mass is 443 g/mol. The van der Waals surface area contributed by atoms with Crippen molar-refractivity contribution < 1.29 is 14.3 Å². The summed E-state index contributed by atoms with van der Waals surface area (Å²) < 4.78 is 5.45. The third kappa shape index (κ3) is 5.18. The number of ether oxygens (including phenoxy) is 1. The highest BCUT2D eigenvalue weighted by atomic mass is 16.5. The molecule has 1 aliphatic carbocycles. The first-order valence-corrected chi connectivity index (χ1v) is 11.1. The van der Waals surface area contributed by atoms with Gasteiger partial charge in [-0.05, 0) is 48.7 Å². The maximum atomic E-state index is 12.8. The van der Waals surface area contributed by atoms with E-state index in [2.05, 4.69) is 37.6 Å². The SMILES string of the molecule is O=C(Nc1cncc(-c2cccc(N3CCOCC3)c2)c1)c1ccnc(NC(=O)C2CC2)c1. The molecule has 0 unspecified atom stereocenters. The highest BCUT2D eigenvalue weighted by Crippen LogP contribution is 2.30. The molecule has 2 N–H and O–H groups in total. The highest BCUT2D eigenvalue weighted by molar-refractivity contribution is 6.05. The molecular weight excluding hydrogens is 418 g/mol. The van der Waals surface area contributed by atoms with E-state index in [0.29, 0.717) is 17.1 Å². The van der Waals surface area contributed by atoms with Crippen LogP contribution in [0.3, 0.4) is 0 Å². The van der Waals surface area contributed by atoms with Crippen LogP contribution in [0.15, 0.2) is 61.1 Å². The first-order chi connectivity index (χ1) is 16.2. The number of rotatable bonds is 6. The number of carbonyl (C=O) groups is 2.